The van der Waals surface area contributed by atoms with E-state index in [9.17, 15) is 0 Å². The third kappa shape index (κ3) is 9.13. The first-order chi connectivity index (χ1) is 7.89. The molecule has 100 valence electrons. The van der Waals surface area contributed by atoms with Crippen LogP contribution in [0.15, 0.2) is 24.3 Å². The van der Waals surface area contributed by atoms with Gasteiger partial charge in [-0.25, -0.2) is 0 Å². The molecule has 0 rings (SSSR count). The van der Waals surface area contributed by atoms with E-state index >= 15 is 0 Å². The highest BCUT2D eigenvalue weighted by molar-refractivity contribution is 4.95. The van der Waals surface area contributed by atoms with E-state index in [1.165, 1.54) is 0 Å². The van der Waals surface area contributed by atoms with Crippen molar-refractivity contribution in [2.75, 3.05) is 6.54 Å². The van der Waals surface area contributed by atoms with Crippen molar-refractivity contribution in [1.82, 2.24) is 0 Å². The summed E-state index contributed by atoms with van der Waals surface area (Å²) in [4.78, 5) is 0. The van der Waals surface area contributed by atoms with Gasteiger partial charge in [-0.2, -0.15) is 0 Å². The first-order valence-electron chi connectivity index (χ1n) is 6.66. The first-order valence-corrected chi connectivity index (χ1v) is 6.66. The van der Waals surface area contributed by atoms with Crippen molar-refractivity contribution < 1.29 is 0 Å². The minimum Gasteiger partial charge on any atom is -0.330 e. The second kappa shape index (κ2) is 8.48. The monoisotopic (exact) mass is 238 g/mol. The minimum atomic E-state index is 0.190. The van der Waals surface area contributed by atoms with Crippen LogP contribution in [0, 0.1) is 11.3 Å². The standard InChI is InChI=1S/C15H30N2/c1-13(2)14(17)10-8-6-5-7-9-11-15(3,4)12-16/h7-10,13-14H,5-6,11-12,16-17H2,1-4H3. The number of unbranched alkanes of at least 4 members (excludes halogenated alkanes) is 1. The summed E-state index contributed by atoms with van der Waals surface area (Å²) >= 11 is 0. The van der Waals surface area contributed by atoms with Gasteiger partial charge in [0.05, 0.1) is 0 Å². The maximum Gasteiger partial charge on any atom is 0.0247 e. The van der Waals surface area contributed by atoms with Crippen LogP contribution in [0.5, 0.6) is 0 Å². The number of hydrogen-bond donors (Lipinski definition) is 2. The molecular formula is C15H30N2. The molecule has 0 saturated heterocycles. The van der Waals surface area contributed by atoms with Crippen molar-refractivity contribution in [3.8, 4) is 0 Å². The molecule has 0 spiro atoms. The molecule has 0 aliphatic heterocycles. The molecule has 2 nitrogen and oxygen atoms in total. The second-order valence-corrected chi connectivity index (χ2v) is 5.87. The molecule has 0 fully saturated rings. The Morgan fingerprint density at radius 2 is 1.65 bits per heavy atom. The van der Waals surface area contributed by atoms with Gasteiger partial charge in [0.2, 0.25) is 0 Å². The zero-order valence-electron chi connectivity index (χ0n) is 11.9. The largest absolute Gasteiger partial charge is 0.330 e. The molecule has 0 saturated carbocycles. The maximum absolute atomic E-state index is 5.91. The van der Waals surface area contributed by atoms with Gasteiger partial charge in [0.1, 0.15) is 0 Å². The molecule has 0 aliphatic carbocycles. The van der Waals surface area contributed by atoms with Crippen LogP contribution in [0.3, 0.4) is 0 Å². The highest BCUT2D eigenvalue weighted by atomic mass is 14.6. The molecule has 0 aliphatic rings. The number of allylic oxidation sites excluding steroid dienone is 3. The van der Waals surface area contributed by atoms with Crippen LogP contribution in [0.4, 0.5) is 0 Å². The van der Waals surface area contributed by atoms with Crippen LogP contribution in [0.2, 0.25) is 0 Å². The summed E-state index contributed by atoms with van der Waals surface area (Å²) in [7, 11) is 0. The van der Waals surface area contributed by atoms with Gasteiger partial charge in [0.15, 0.2) is 0 Å². The summed E-state index contributed by atoms with van der Waals surface area (Å²) in [6, 6.07) is 0.190. The Morgan fingerprint density at radius 1 is 1.06 bits per heavy atom. The number of rotatable bonds is 8. The lowest BCUT2D eigenvalue weighted by Crippen LogP contribution is -2.23. The zero-order chi connectivity index (χ0) is 13.3. The quantitative estimate of drug-likeness (QED) is 0.504. The summed E-state index contributed by atoms with van der Waals surface area (Å²) in [5, 5.41) is 0. The van der Waals surface area contributed by atoms with Gasteiger partial charge in [-0.15, -0.1) is 0 Å². The first kappa shape index (κ1) is 16.4. The Labute approximate surface area is 107 Å². The third-order valence-electron chi connectivity index (χ3n) is 3.02. The molecule has 0 amide bonds. The van der Waals surface area contributed by atoms with Gasteiger partial charge in [-0.1, -0.05) is 52.0 Å². The third-order valence-corrected chi connectivity index (χ3v) is 3.02. The van der Waals surface area contributed by atoms with E-state index in [1.54, 1.807) is 0 Å². The molecule has 0 aromatic rings. The predicted octanol–water partition coefficient (Wildman–Crippen LogP) is 3.24. The lowest BCUT2D eigenvalue weighted by atomic mass is 9.89. The summed E-state index contributed by atoms with van der Waals surface area (Å²) in [5.74, 6) is 0.521. The molecule has 0 aromatic carbocycles. The van der Waals surface area contributed by atoms with E-state index in [0.29, 0.717) is 5.92 Å². The van der Waals surface area contributed by atoms with E-state index < -0.39 is 0 Å². The van der Waals surface area contributed by atoms with Gasteiger partial charge < -0.3 is 11.5 Å². The van der Waals surface area contributed by atoms with Crippen molar-refractivity contribution in [1.29, 1.82) is 0 Å². The van der Waals surface area contributed by atoms with Crippen molar-refractivity contribution >= 4 is 0 Å². The van der Waals surface area contributed by atoms with Gasteiger partial charge in [0.25, 0.3) is 0 Å². The molecule has 2 heteroatoms. The minimum absolute atomic E-state index is 0.190. The normalized spacial score (nSPS) is 15.2. The Morgan fingerprint density at radius 3 is 2.18 bits per heavy atom. The van der Waals surface area contributed by atoms with E-state index in [1.807, 2.05) is 0 Å². The highest BCUT2D eigenvalue weighted by Crippen LogP contribution is 2.18. The second-order valence-electron chi connectivity index (χ2n) is 5.87. The number of hydrogen-bond acceptors (Lipinski definition) is 2. The van der Waals surface area contributed by atoms with Crippen molar-refractivity contribution in [2.45, 2.75) is 53.0 Å². The summed E-state index contributed by atoms with van der Waals surface area (Å²) < 4.78 is 0. The number of nitrogens with two attached hydrogens (primary N) is 2. The van der Waals surface area contributed by atoms with Crippen LogP contribution in [-0.4, -0.2) is 12.6 Å². The van der Waals surface area contributed by atoms with Crippen LogP contribution in [0.1, 0.15) is 47.0 Å². The molecule has 17 heavy (non-hydrogen) atoms. The highest BCUT2D eigenvalue weighted by Gasteiger charge is 2.12. The van der Waals surface area contributed by atoms with Crippen molar-refractivity contribution in [2.24, 2.45) is 22.8 Å². The molecule has 1 unspecified atom stereocenters. The average Bonchev–Trinajstić information content (AvgIpc) is 2.27. The summed E-state index contributed by atoms with van der Waals surface area (Å²) in [5.41, 5.74) is 11.8. The SMILES string of the molecule is CC(C)C(N)C=CCCC=CCC(C)(C)CN. The predicted molar refractivity (Wildman–Crippen MR) is 77.8 cm³/mol. The molecule has 0 bridgehead atoms. The van der Waals surface area contributed by atoms with E-state index in [4.69, 9.17) is 11.5 Å². The van der Waals surface area contributed by atoms with Gasteiger partial charge >= 0.3 is 0 Å². The van der Waals surface area contributed by atoms with Crippen LogP contribution < -0.4 is 11.5 Å². The summed E-state index contributed by atoms with van der Waals surface area (Å²) in [6.07, 6.45) is 12.0. The van der Waals surface area contributed by atoms with E-state index in [2.05, 4.69) is 52.0 Å². The molecular weight excluding hydrogens is 208 g/mol. The van der Waals surface area contributed by atoms with Crippen molar-refractivity contribution in [3.05, 3.63) is 24.3 Å². The Balaban J connectivity index is 3.68. The lowest BCUT2D eigenvalue weighted by molar-refractivity contribution is 0.384. The molecule has 4 N–H and O–H groups in total. The Bertz CT molecular complexity index is 239. The molecule has 0 aromatic heterocycles. The fourth-order valence-electron chi connectivity index (χ4n) is 1.27. The zero-order valence-corrected chi connectivity index (χ0v) is 11.9. The molecule has 0 radical (unpaired) electrons. The Hall–Kier alpha value is -0.600. The van der Waals surface area contributed by atoms with Gasteiger partial charge in [-0.3, -0.25) is 0 Å². The fourth-order valence-corrected chi connectivity index (χ4v) is 1.27. The summed E-state index contributed by atoms with van der Waals surface area (Å²) in [6.45, 7) is 9.41. The Kier molecular flexibility index (Phi) is 8.19. The van der Waals surface area contributed by atoms with E-state index in [0.717, 1.165) is 25.8 Å². The maximum atomic E-state index is 5.91. The topological polar surface area (TPSA) is 52.0 Å². The fraction of sp³-hybridized carbons (Fsp3) is 0.733. The molecule has 0 heterocycles. The smallest absolute Gasteiger partial charge is 0.0247 e. The van der Waals surface area contributed by atoms with Gasteiger partial charge in [-0.05, 0) is 37.1 Å². The lowest BCUT2D eigenvalue weighted by Gasteiger charge is -2.19. The van der Waals surface area contributed by atoms with Gasteiger partial charge in [0, 0.05) is 6.04 Å². The van der Waals surface area contributed by atoms with Crippen molar-refractivity contribution in [3.63, 3.8) is 0 Å². The van der Waals surface area contributed by atoms with Crippen LogP contribution in [0.25, 0.3) is 0 Å². The van der Waals surface area contributed by atoms with Crippen LogP contribution in [-0.2, 0) is 0 Å². The molecule has 1 atom stereocenters. The van der Waals surface area contributed by atoms with Crippen LogP contribution >= 0.6 is 0 Å². The van der Waals surface area contributed by atoms with E-state index in [-0.39, 0.29) is 11.5 Å². The average molecular weight is 238 g/mol.